The van der Waals surface area contributed by atoms with Gasteiger partial charge in [0.05, 0.1) is 11.1 Å². The minimum Gasteiger partial charge on any atom is -0.326 e. The van der Waals surface area contributed by atoms with E-state index < -0.39 is 17.2 Å². The highest BCUT2D eigenvalue weighted by Crippen LogP contribution is 2.22. The number of nitrogens with zero attached hydrogens (tertiary/aromatic N) is 2. The standard InChI is InChI=1S/C23H20N4O4S/c1-14-11-19-21(30)27(18-9-4-3-5-10-18)23(31)26(22(19)32-14)13-20(29)25-17-8-6-7-16(12-17)24-15(2)28/h3-12H,13H2,1-2H3,(H,24,28)(H,25,29). The van der Waals surface area contributed by atoms with Crippen molar-refractivity contribution in [2.24, 2.45) is 0 Å². The Balaban J connectivity index is 1.73. The van der Waals surface area contributed by atoms with Gasteiger partial charge in [-0.1, -0.05) is 24.3 Å². The fourth-order valence-corrected chi connectivity index (χ4v) is 4.43. The van der Waals surface area contributed by atoms with Crippen LogP contribution < -0.4 is 21.9 Å². The second-order valence-electron chi connectivity index (χ2n) is 7.23. The van der Waals surface area contributed by atoms with Crippen molar-refractivity contribution in [3.8, 4) is 5.69 Å². The molecular weight excluding hydrogens is 428 g/mol. The molecule has 0 aliphatic carbocycles. The summed E-state index contributed by atoms with van der Waals surface area (Å²) in [6.07, 6.45) is 0. The van der Waals surface area contributed by atoms with Gasteiger partial charge in [0.15, 0.2) is 0 Å². The summed E-state index contributed by atoms with van der Waals surface area (Å²) in [5, 5.41) is 5.78. The van der Waals surface area contributed by atoms with Gasteiger partial charge in [0.2, 0.25) is 11.8 Å². The number of thiophene rings is 1. The number of hydrogen-bond acceptors (Lipinski definition) is 5. The minimum atomic E-state index is -0.585. The number of fused-ring (bicyclic) bond motifs is 1. The van der Waals surface area contributed by atoms with Crippen LogP contribution in [0.3, 0.4) is 0 Å². The average molecular weight is 449 g/mol. The quantitative estimate of drug-likeness (QED) is 0.490. The van der Waals surface area contributed by atoms with Crippen molar-refractivity contribution in [3.63, 3.8) is 0 Å². The van der Waals surface area contributed by atoms with Crippen LogP contribution in [0.1, 0.15) is 11.8 Å². The molecule has 0 aliphatic rings. The lowest BCUT2D eigenvalue weighted by Gasteiger charge is -2.13. The molecule has 2 aromatic carbocycles. The molecule has 4 rings (SSSR count). The molecule has 0 bridgehead atoms. The van der Waals surface area contributed by atoms with Crippen LogP contribution >= 0.6 is 11.3 Å². The fraction of sp³-hybridized carbons (Fsp3) is 0.130. The van der Waals surface area contributed by atoms with Gasteiger partial charge < -0.3 is 10.6 Å². The van der Waals surface area contributed by atoms with Crippen molar-refractivity contribution >= 4 is 44.7 Å². The summed E-state index contributed by atoms with van der Waals surface area (Å²) < 4.78 is 2.40. The Labute approximate surface area is 186 Å². The summed E-state index contributed by atoms with van der Waals surface area (Å²) in [6.45, 7) is 2.97. The number of aromatic nitrogens is 2. The number of carbonyl (C=O) groups excluding carboxylic acids is 2. The highest BCUT2D eigenvalue weighted by molar-refractivity contribution is 7.18. The minimum absolute atomic E-state index is 0.223. The molecule has 9 heteroatoms. The molecule has 0 radical (unpaired) electrons. The molecule has 0 saturated heterocycles. The van der Waals surface area contributed by atoms with Crippen molar-refractivity contribution in [2.45, 2.75) is 20.4 Å². The maximum absolute atomic E-state index is 13.3. The first kappa shape index (κ1) is 21.3. The first-order valence-corrected chi connectivity index (χ1v) is 10.6. The summed E-state index contributed by atoms with van der Waals surface area (Å²) in [5.74, 6) is -0.656. The van der Waals surface area contributed by atoms with E-state index in [1.54, 1.807) is 60.7 Å². The highest BCUT2D eigenvalue weighted by Gasteiger charge is 2.18. The van der Waals surface area contributed by atoms with Crippen LogP contribution in [0.15, 0.2) is 70.3 Å². The number of aryl methyl sites for hydroxylation is 1. The summed E-state index contributed by atoms with van der Waals surface area (Å²) in [6, 6.07) is 17.1. The predicted molar refractivity (Wildman–Crippen MR) is 126 cm³/mol. The third kappa shape index (κ3) is 4.23. The first-order chi connectivity index (χ1) is 15.3. The van der Waals surface area contributed by atoms with E-state index in [9.17, 15) is 19.2 Å². The molecule has 162 valence electrons. The molecule has 0 aliphatic heterocycles. The molecule has 2 aromatic heterocycles. The zero-order chi connectivity index (χ0) is 22.8. The number of nitrogens with one attached hydrogen (secondary N) is 2. The van der Waals surface area contributed by atoms with Crippen LogP contribution in [-0.2, 0) is 16.1 Å². The van der Waals surface area contributed by atoms with Crippen molar-refractivity contribution in [3.05, 3.63) is 86.4 Å². The second kappa shape index (κ2) is 8.64. The number of anilines is 2. The van der Waals surface area contributed by atoms with E-state index >= 15 is 0 Å². The average Bonchev–Trinajstić information content (AvgIpc) is 3.14. The van der Waals surface area contributed by atoms with Gasteiger partial charge in [0.25, 0.3) is 5.56 Å². The molecule has 0 spiro atoms. The third-order valence-corrected chi connectivity index (χ3v) is 5.79. The smallest absolute Gasteiger partial charge is 0.326 e. The van der Waals surface area contributed by atoms with Gasteiger partial charge in [-0.2, -0.15) is 0 Å². The molecular formula is C23H20N4O4S. The number of carbonyl (C=O) groups is 2. The molecule has 8 nitrogen and oxygen atoms in total. The number of hydrogen-bond donors (Lipinski definition) is 2. The number of rotatable bonds is 5. The van der Waals surface area contributed by atoms with Crippen LogP contribution in [-0.4, -0.2) is 20.9 Å². The van der Waals surface area contributed by atoms with Crippen LogP contribution in [0.5, 0.6) is 0 Å². The maximum Gasteiger partial charge on any atom is 0.337 e. The molecule has 0 saturated carbocycles. The summed E-state index contributed by atoms with van der Waals surface area (Å²) in [4.78, 5) is 51.7. The molecule has 32 heavy (non-hydrogen) atoms. The predicted octanol–water partition coefficient (Wildman–Crippen LogP) is 3.12. The molecule has 0 atom stereocenters. The van der Waals surface area contributed by atoms with Crippen LogP contribution in [0, 0.1) is 6.92 Å². The second-order valence-corrected chi connectivity index (χ2v) is 8.47. The van der Waals surface area contributed by atoms with Gasteiger partial charge in [-0.3, -0.25) is 19.0 Å². The van der Waals surface area contributed by atoms with Crippen LogP contribution in [0.4, 0.5) is 11.4 Å². The summed E-state index contributed by atoms with van der Waals surface area (Å²) in [5.41, 5.74) is 0.453. The maximum atomic E-state index is 13.3. The lowest BCUT2D eigenvalue weighted by molar-refractivity contribution is -0.117. The first-order valence-electron chi connectivity index (χ1n) is 9.82. The van der Waals surface area contributed by atoms with E-state index in [1.807, 2.05) is 6.92 Å². The van der Waals surface area contributed by atoms with Gasteiger partial charge in [0.1, 0.15) is 11.4 Å². The molecule has 4 aromatic rings. The molecule has 2 heterocycles. The molecule has 0 unspecified atom stereocenters. The van der Waals surface area contributed by atoms with Gasteiger partial charge >= 0.3 is 5.69 Å². The van der Waals surface area contributed by atoms with Crippen LogP contribution in [0.25, 0.3) is 15.9 Å². The summed E-state index contributed by atoms with van der Waals surface area (Å²) >= 11 is 1.29. The van der Waals surface area contributed by atoms with Gasteiger partial charge in [0, 0.05) is 23.2 Å². The van der Waals surface area contributed by atoms with Gasteiger partial charge in [-0.15, -0.1) is 11.3 Å². The summed E-state index contributed by atoms with van der Waals surface area (Å²) in [7, 11) is 0. The number of para-hydroxylation sites is 1. The molecule has 2 amide bonds. The number of amides is 2. The zero-order valence-electron chi connectivity index (χ0n) is 17.4. The Morgan fingerprint density at radius 1 is 0.938 bits per heavy atom. The Hall–Kier alpha value is -3.98. The van der Waals surface area contributed by atoms with E-state index in [-0.39, 0.29) is 12.5 Å². The fourth-order valence-electron chi connectivity index (χ4n) is 3.44. The van der Waals surface area contributed by atoms with Gasteiger partial charge in [-0.25, -0.2) is 9.36 Å². The van der Waals surface area contributed by atoms with E-state index in [0.717, 1.165) is 9.44 Å². The van der Waals surface area contributed by atoms with E-state index in [1.165, 1.54) is 22.8 Å². The lowest BCUT2D eigenvalue weighted by atomic mass is 10.2. The van der Waals surface area contributed by atoms with Crippen molar-refractivity contribution in [1.29, 1.82) is 0 Å². The molecule has 0 fully saturated rings. The van der Waals surface area contributed by atoms with Crippen molar-refractivity contribution in [2.75, 3.05) is 10.6 Å². The van der Waals surface area contributed by atoms with E-state index in [0.29, 0.717) is 27.3 Å². The van der Waals surface area contributed by atoms with E-state index in [2.05, 4.69) is 10.6 Å². The SMILES string of the molecule is CC(=O)Nc1cccc(NC(=O)Cn2c(=O)n(-c3ccccc3)c(=O)c3cc(C)sc32)c1. The Bertz CT molecular complexity index is 1450. The third-order valence-electron chi connectivity index (χ3n) is 4.72. The van der Waals surface area contributed by atoms with Crippen LogP contribution in [0.2, 0.25) is 0 Å². The van der Waals surface area contributed by atoms with Gasteiger partial charge in [-0.05, 0) is 43.3 Å². The highest BCUT2D eigenvalue weighted by atomic mass is 32.1. The molecule has 2 N–H and O–H groups in total. The lowest BCUT2D eigenvalue weighted by Crippen LogP contribution is -2.40. The largest absolute Gasteiger partial charge is 0.337 e. The Kier molecular flexibility index (Phi) is 5.74. The van der Waals surface area contributed by atoms with Crippen molar-refractivity contribution < 1.29 is 9.59 Å². The Morgan fingerprint density at radius 2 is 1.62 bits per heavy atom. The monoisotopic (exact) mass is 448 g/mol. The number of benzene rings is 2. The zero-order valence-corrected chi connectivity index (χ0v) is 18.2. The van der Waals surface area contributed by atoms with E-state index in [4.69, 9.17) is 0 Å². The normalized spacial score (nSPS) is 10.8. The van der Waals surface area contributed by atoms with Crippen molar-refractivity contribution in [1.82, 2.24) is 9.13 Å². The topological polar surface area (TPSA) is 102 Å². The Morgan fingerprint density at radius 3 is 2.31 bits per heavy atom.